The number of rotatable bonds is 7. The Morgan fingerprint density at radius 3 is 2.17 bits per heavy atom. The van der Waals surface area contributed by atoms with Crippen molar-refractivity contribution >= 4 is 22.2 Å². The first-order valence-corrected chi connectivity index (χ1v) is 12.8. The molecule has 4 aromatic carbocycles. The predicted molar refractivity (Wildman–Crippen MR) is 142 cm³/mol. The highest BCUT2D eigenvalue weighted by atomic mass is 32.2. The van der Waals surface area contributed by atoms with E-state index >= 15 is 0 Å². The third kappa shape index (κ3) is 5.11. The Morgan fingerprint density at radius 1 is 0.806 bits per heavy atom. The number of para-hydroxylation sites is 2. The van der Waals surface area contributed by atoms with Crippen LogP contribution < -0.4 is 4.18 Å². The van der Waals surface area contributed by atoms with Crippen LogP contribution in [-0.2, 0) is 10.1 Å². The van der Waals surface area contributed by atoms with Crippen molar-refractivity contribution in [1.82, 2.24) is 9.78 Å². The van der Waals surface area contributed by atoms with E-state index in [0.29, 0.717) is 11.4 Å². The number of benzene rings is 4. The van der Waals surface area contributed by atoms with Gasteiger partial charge in [-0.1, -0.05) is 78.4 Å². The van der Waals surface area contributed by atoms with Crippen LogP contribution in [0.15, 0.2) is 125 Å². The second-order valence-corrected chi connectivity index (χ2v) is 9.69. The van der Waals surface area contributed by atoms with E-state index in [2.05, 4.69) is 4.99 Å². The van der Waals surface area contributed by atoms with Gasteiger partial charge in [-0.3, -0.25) is 0 Å². The van der Waals surface area contributed by atoms with Crippen LogP contribution in [0.4, 0.5) is 5.82 Å². The van der Waals surface area contributed by atoms with Crippen LogP contribution in [0.2, 0.25) is 0 Å². The lowest BCUT2D eigenvalue weighted by Crippen LogP contribution is -2.10. The molecule has 0 aliphatic rings. The summed E-state index contributed by atoms with van der Waals surface area (Å²) in [4.78, 5) is 4.77. The molecule has 5 rings (SSSR count). The van der Waals surface area contributed by atoms with Crippen molar-refractivity contribution in [2.45, 2.75) is 11.8 Å². The number of hydrogen-bond acceptors (Lipinski definition) is 5. The lowest BCUT2D eigenvalue weighted by atomic mass is 10.1. The molecule has 7 heteroatoms. The zero-order valence-electron chi connectivity index (χ0n) is 19.5. The molecule has 0 saturated heterocycles. The van der Waals surface area contributed by atoms with E-state index in [9.17, 15) is 8.42 Å². The first-order chi connectivity index (χ1) is 17.5. The van der Waals surface area contributed by atoms with Crippen LogP contribution in [0, 0.1) is 6.92 Å². The molecule has 0 saturated carbocycles. The van der Waals surface area contributed by atoms with Crippen molar-refractivity contribution < 1.29 is 12.6 Å². The molecule has 0 radical (unpaired) electrons. The third-order valence-electron chi connectivity index (χ3n) is 5.52. The molecule has 36 heavy (non-hydrogen) atoms. The molecule has 0 aliphatic carbocycles. The fourth-order valence-corrected chi connectivity index (χ4v) is 4.60. The van der Waals surface area contributed by atoms with Crippen molar-refractivity contribution in [1.29, 1.82) is 0 Å². The molecule has 0 unspecified atom stereocenters. The summed E-state index contributed by atoms with van der Waals surface area (Å²) >= 11 is 0. The molecule has 6 nitrogen and oxygen atoms in total. The molecule has 0 bridgehead atoms. The van der Waals surface area contributed by atoms with E-state index in [4.69, 9.17) is 9.28 Å². The summed E-state index contributed by atoms with van der Waals surface area (Å²) in [7, 11) is -4.00. The van der Waals surface area contributed by atoms with Gasteiger partial charge in [-0.2, -0.15) is 13.5 Å². The Kier molecular flexibility index (Phi) is 6.47. The summed E-state index contributed by atoms with van der Waals surface area (Å²) < 4.78 is 33.0. The summed E-state index contributed by atoms with van der Waals surface area (Å²) in [6.07, 6.45) is 1.59. The van der Waals surface area contributed by atoms with Crippen molar-refractivity contribution in [2.24, 2.45) is 4.99 Å². The zero-order chi connectivity index (χ0) is 25.0. The van der Waals surface area contributed by atoms with Crippen molar-refractivity contribution in [3.8, 4) is 22.7 Å². The second kappa shape index (κ2) is 10.0. The maximum absolute atomic E-state index is 12.9. The summed E-state index contributed by atoms with van der Waals surface area (Å²) in [5.74, 6) is 0.784. The maximum Gasteiger partial charge on any atom is 0.339 e. The Labute approximate surface area is 210 Å². The van der Waals surface area contributed by atoms with E-state index < -0.39 is 10.1 Å². The molecule has 0 aliphatic heterocycles. The molecule has 0 fully saturated rings. The van der Waals surface area contributed by atoms with Gasteiger partial charge in [0.25, 0.3) is 0 Å². The standard InChI is InChI=1S/C29H23N3O3S/c1-22-16-18-26(19-17-22)36(33,34)35-28-15-9-8-12-24(28)21-30-29-20-27(23-10-4-2-5-11-23)31-32(29)25-13-6-3-7-14-25/h2-21H,1H3. The number of aliphatic imine (C=N–C) groups is 1. The van der Waals surface area contributed by atoms with Gasteiger partial charge in [-0.15, -0.1) is 0 Å². The third-order valence-corrected chi connectivity index (χ3v) is 6.77. The van der Waals surface area contributed by atoms with Crippen LogP contribution in [0.5, 0.6) is 5.75 Å². The minimum atomic E-state index is -4.00. The second-order valence-electron chi connectivity index (χ2n) is 8.15. The van der Waals surface area contributed by atoms with Gasteiger partial charge in [0.2, 0.25) is 0 Å². The fourth-order valence-electron chi connectivity index (χ4n) is 3.64. The number of aryl methyl sites for hydroxylation is 1. The van der Waals surface area contributed by atoms with Gasteiger partial charge in [-0.25, -0.2) is 9.67 Å². The van der Waals surface area contributed by atoms with Crippen molar-refractivity contribution in [2.75, 3.05) is 0 Å². The molecule has 0 amide bonds. The zero-order valence-corrected chi connectivity index (χ0v) is 20.3. The maximum atomic E-state index is 12.9. The van der Waals surface area contributed by atoms with Crippen LogP contribution in [0.1, 0.15) is 11.1 Å². The van der Waals surface area contributed by atoms with Gasteiger partial charge in [0.1, 0.15) is 4.90 Å². The van der Waals surface area contributed by atoms with Gasteiger partial charge in [0.05, 0.1) is 11.4 Å². The molecule has 0 atom stereocenters. The van der Waals surface area contributed by atoms with Crippen molar-refractivity contribution in [3.05, 3.63) is 126 Å². The van der Waals surface area contributed by atoms with Gasteiger partial charge in [-0.05, 0) is 43.3 Å². The summed E-state index contributed by atoms with van der Waals surface area (Å²) in [5, 5.41) is 4.77. The fraction of sp³-hybridized carbons (Fsp3) is 0.0345. The van der Waals surface area contributed by atoms with Crippen LogP contribution in [0.3, 0.4) is 0 Å². The molecule has 1 aromatic heterocycles. The first-order valence-electron chi connectivity index (χ1n) is 11.3. The normalized spacial score (nSPS) is 11.6. The average Bonchev–Trinajstić information content (AvgIpc) is 3.34. The van der Waals surface area contributed by atoms with E-state index in [1.807, 2.05) is 73.7 Å². The van der Waals surface area contributed by atoms with Crippen LogP contribution >= 0.6 is 0 Å². The Hall–Kier alpha value is -4.49. The molecular weight excluding hydrogens is 470 g/mol. The molecule has 178 valence electrons. The van der Waals surface area contributed by atoms with E-state index in [-0.39, 0.29) is 10.6 Å². The Morgan fingerprint density at radius 2 is 1.44 bits per heavy atom. The van der Waals surface area contributed by atoms with Gasteiger partial charge in [0, 0.05) is 23.4 Å². The number of hydrogen-bond donors (Lipinski definition) is 0. The molecule has 5 aromatic rings. The molecular formula is C29H23N3O3S. The quantitative estimate of drug-likeness (QED) is 0.195. The topological polar surface area (TPSA) is 73.6 Å². The molecule has 0 spiro atoms. The summed E-state index contributed by atoms with van der Waals surface area (Å²) in [6, 6.07) is 34.9. The Balaban J connectivity index is 1.50. The minimum absolute atomic E-state index is 0.0921. The summed E-state index contributed by atoms with van der Waals surface area (Å²) in [5.41, 5.74) is 4.09. The van der Waals surface area contributed by atoms with Gasteiger partial charge >= 0.3 is 10.1 Å². The van der Waals surface area contributed by atoms with Crippen LogP contribution in [0.25, 0.3) is 16.9 Å². The smallest absolute Gasteiger partial charge is 0.339 e. The predicted octanol–water partition coefficient (Wildman–Crippen LogP) is 6.37. The highest BCUT2D eigenvalue weighted by Crippen LogP contribution is 2.28. The van der Waals surface area contributed by atoms with E-state index in [1.165, 1.54) is 12.1 Å². The van der Waals surface area contributed by atoms with Crippen LogP contribution in [-0.4, -0.2) is 24.4 Å². The monoisotopic (exact) mass is 493 g/mol. The highest BCUT2D eigenvalue weighted by molar-refractivity contribution is 7.87. The first kappa shape index (κ1) is 23.3. The lowest BCUT2D eigenvalue weighted by molar-refractivity contribution is 0.485. The van der Waals surface area contributed by atoms with Gasteiger partial charge in [0.15, 0.2) is 11.6 Å². The molecule has 0 N–H and O–H groups in total. The average molecular weight is 494 g/mol. The number of nitrogens with zero attached hydrogens (tertiary/aromatic N) is 3. The Bertz CT molecular complexity index is 1610. The highest BCUT2D eigenvalue weighted by Gasteiger charge is 2.18. The largest absolute Gasteiger partial charge is 0.378 e. The van der Waals surface area contributed by atoms with E-state index in [1.54, 1.807) is 47.3 Å². The van der Waals surface area contributed by atoms with E-state index in [0.717, 1.165) is 22.5 Å². The minimum Gasteiger partial charge on any atom is -0.378 e. The summed E-state index contributed by atoms with van der Waals surface area (Å²) in [6.45, 7) is 1.90. The van der Waals surface area contributed by atoms with Gasteiger partial charge < -0.3 is 4.18 Å². The van der Waals surface area contributed by atoms with Crippen molar-refractivity contribution in [3.63, 3.8) is 0 Å². The molecule has 1 heterocycles. The lowest BCUT2D eigenvalue weighted by Gasteiger charge is -2.09. The SMILES string of the molecule is Cc1ccc(S(=O)(=O)Oc2ccccc2C=Nc2cc(-c3ccccc3)nn2-c2ccccc2)cc1. The number of aromatic nitrogens is 2.